The van der Waals surface area contributed by atoms with Crippen molar-refractivity contribution in [1.82, 2.24) is 9.78 Å². The molecule has 0 unspecified atom stereocenters. The van der Waals surface area contributed by atoms with Gasteiger partial charge in [0, 0.05) is 6.20 Å². The number of rotatable bonds is 4. The number of carbonyl (C=O) groups excluding carboxylic acids is 1. The summed E-state index contributed by atoms with van der Waals surface area (Å²) < 4.78 is 22.3. The largest absolute Gasteiger partial charge is 0.508 e. The van der Waals surface area contributed by atoms with Crippen LogP contribution in [-0.4, -0.2) is 22.5 Å². The van der Waals surface area contributed by atoms with Gasteiger partial charge in [0.15, 0.2) is 6.80 Å². The number of halogens is 1. The van der Waals surface area contributed by atoms with Crippen molar-refractivity contribution in [2.24, 2.45) is 0 Å². The smallest absolute Gasteiger partial charge is 0.435 e. The van der Waals surface area contributed by atoms with E-state index < -0.39 is 13.0 Å². The first-order valence-electron chi connectivity index (χ1n) is 4.14. The van der Waals surface area contributed by atoms with Crippen LogP contribution in [0.5, 0.6) is 0 Å². The summed E-state index contributed by atoms with van der Waals surface area (Å²) in [6.45, 7) is 1.24. The van der Waals surface area contributed by atoms with Gasteiger partial charge in [-0.05, 0) is 13.0 Å². The van der Waals surface area contributed by atoms with Crippen LogP contribution in [0.1, 0.15) is 12.6 Å². The van der Waals surface area contributed by atoms with Gasteiger partial charge in [0.25, 0.3) is 0 Å². The lowest BCUT2D eigenvalue weighted by molar-refractivity contribution is 0.0525. The summed E-state index contributed by atoms with van der Waals surface area (Å²) in [6, 6.07) is 1.57. The molecule has 6 heteroatoms. The standard InChI is InChI=1S/C8H11FN2O3/c1-2-13-8(12)14-5-7-3-4-11(6-9)10-7/h3-4H,2,5-6H2,1H3. The van der Waals surface area contributed by atoms with Crippen molar-refractivity contribution in [2.75, 3.05) is 6.61 Å². The van der Waals surface area contributed by atoms with Crippen LogP contribution in [0.3, 0.4) is 0 Å². The summed E-state index contributed by atoms with van der Waals surface area (Å²) in [5.74, 6) is 0. The zero-order valence-corrected chi connectivity index (χ0v) is 7.77. The quantitative estimate of drug-likeness (QED) is 0.694. The van der Waals surface area contributed by atoms with Gasteiger partial charge in [-0.1, -0.05) is 0 Å². The maximum Gasteiger partial charge on any atom is 0.508 e. The average molecular weight is 202 g/mol. The molecule has 0 N–H and O–H groups in total. The number of carbonyl (C=O) groups is 1. The van der Waals surface area contributed by atoms with Gasteiger partial charge in [0.05, 0.1) is 6.61 Å². The zero-order valence-electron chi connectivity index (χ0n) is 7.77. The first-order valence-corrected chi connectivity index (χ1v) is 4.14. The Labute approximate surface area is 80.4 Å². The Morgan fingerprint density at radius 3 is 3.00 bits per heavy atom. The third kappa shape index (κ3) is 3.04. The number of nitrogens with zero attached hydrogens (tertiary/aromatic N) is 2. The van der Waals surface area contributed by atoms with E-state index in [0.29, 0.717) is 5.69 Å². The van der Waals surface area contributed by atoms with Gasteiger partial charge < -0.3 is 9.47 Å². The second kappa shape index (κ2) is 5.21. The molecule has 1 aromatic rings. The molecule has 1 aromatic heterocycles. The average Bonchev–Trinajstić information content (AvgIpc) is 2.63. The van der Waals surface area contributed by atoms with E-state index in [4.69, 9.17) is 0 Å². The Hall–Kier alpha value is -1.59. The third-order valence-corrected chi connectivity index (χ3v) is 1.42. The highest BCUT2D eigenvalue weighted by Gasteiger charge is 2.04. The summed E-state index contributed by atoms with van der Waals surface area (Å²) in [5, 5.41) is 3.77. The third-order valence-electron chi connectivity index (χ3n) is 1.42. The Balaban J connectivity index is 2.34. The molecule has 0 aliphatic heterocycles. The summed E-state index contributed by atoms with van der Waals surface area (Å²) in [7, 11) is 0. The molecule has 0 spiro atoms. The number of hydrogen-bond acceptors (Lipinski definition) is 4. The molecule has 1 heterocycles. The number of aromatic nitrogens is 2. The van der Waals surface area contributed by atoms with Crippen LogP contribution in [0.15, 0.2) is 12.3 Å². The molecule has 14 heavy (non-hydrogen) atoms. The molecule has 0 atom stereocenters. The van der Waals surface area contributed by atoms with Crippen molar-refractivity contribution >= 4 is 6.16 Å². The van der Waals surface area contributed by atoms with Crippen LogP contribution in [0.25, 0.3) is 0 Å². The van der Waals surface area contributed by atoms with Crippen LogP contribution in [0, 0.1) is 0 Å². The van der Waals surface area contributed by atoms with Crippen LogP contribution in [0.4, 0.5) is 9.18 Å². The minimum absolute atomic E-state index is 0.00810. The van der Waals surface area contributed by atoms with Crippen molar-refractivity contribution in [3.05, 3.63) is 18.0 Å². The van der Waals surface area contributed by atoms with E-state index in [9.17, 15) is 9.18 Å². The molecular weight excluding hydrogens is 191 g/mol. The zero-order chi connectivity index (χ0) is 10.4. The van der Waals surface area contributed by atoms with E-state index >= 15 is 0 Å². The fourth-order valence-corrected chi connectivity index (χ4v) is 0.840. The van der Waals surface area contributed by atoms with Gasteiger partial charge in [0.2, 0.25) is 0 Å². The monoisotopic (exact) mass is 202 g/mol. The van der Waals surface area contributed by atoms with Crippen LogP contribution in [-0.2, 0) is 22.9 Å². The normalized spacial score (nSPS) is 9.86. The number of ether oxygens (including phenoxy) is 2. The molecule has 1 rings (SSSR count). The molecule has 0 fully saturated rings. The maximum atomic E-state index is 12.0. The van der Waals surface area contributed by atoms with Crippen LogP contribution >= 0.6 is 0 Å². The molecule has 0 radical (unpaired) electrons. The number of hydrogen-bond donors (Lipinski definition) is 0. The molecule has 78 valence electrons. The molecule has 0 saturated heterocycles. The summed E-state index contributed by atoms with van der Waals surface area (Å²) in [6.07, 6.45) is 0.714. The van der Waals surface area contributed by atoms with E-state index in [-0.39, 0.29) is 13.2 Å². The molecule has 0 aliphatic rings. The second-order valence-corrected chi connectivity index (χ2v) is 2.44. The second-order valence-electron chi connectivity index (χ2n) is 2.44. The lowest BCUT2D eigenvalue weighted by atomic mass is 10.5. The van der Waals surface area contributed by atoms with E-state index in [2.05, 4.69) is 14.6 Å². The van der Waals surface area contributed by atoms with Gasteiger partial charge in [-0.15, -0.1) is 0 Å². The highest BCUT2D eigenvalue weighted by atomic mass is 19.1. The lowest BCUT2D eigenvalue weighted by Crippen LogP contribution is -2.07. The molecule has 0 bridgehead atoms. The lowest BCUT2D eigenvalue weighted by Gasteiger charge is -2.01. The summed E-state index contributed by atoms with van der Waals surface area (Å²) in [5.41, 5.74) is 0.482. The minimum atomic E-state index is -0.748. The Morgan fingerprint density at radius 1 is 1.64 bits per heavy atom. The van der Waals surface area contributed by atoms with Crippen molar-refractivity contribution in [3.63, 3.8) is 0 Å². The Morgan fingerprint density at radius 2 is 2.43 bits per heavy atom. The van der Waals surface area contributed by atoms with Gasteiger partial charge in [-0.25, -0.2) is 13.9 Å². The minimum Gasteiger partial charge on any atom is -0.435 e. The highest BCUT2D eigenvalue weighted by molar-refractivity contribution is 5.59. The highest BCUT2D eigenvalue weighted by Crippen LogP contribution is 1.99. The molecule has 0 aromatic carbocycles. The molecule has 0 saturated carbocycles. The van der Waals surface area contributed by atoms with E-state index in [1.165, 1.54) is 6.20 Å². The fourth-order valence-electron chi connectivity index (χ4n) is 0.840. The van der Waals surface area contributed by atoms with Crippen molar-refractivity contribution in [2.45, 2.75) is 20.3 Å². The Bertz CT molecular complexity index is 301. The molecular formula is C8H11FN2O3. The Kier molecular flexibility index (Phi) is 3.90. The van der Waals surface area contributed by atoms with Crippen molar-refractivity contribution in [1.29, 1.82) is 0 Å². The van der Waals surface area contributed by atoms with Gasteiger partial charge in [0.1, 0.15) is 12.3 Å². The predicted octanol–water partition coefficient (Wildman–Crippen LogP) is 1.48. The van der Waals surface area contributed by atoms with E-state index in [1.807, 2.05) is 0 Å². The number of alkyl halides is 1. The first-order chi connectivity index (χ1) is 6.76. The predicted molar refractivity (Wildman–Crippen MR) is 45.1 cm³/mol. The molecule has 5 nitrogen and oxygen atoms in total. The van der Waals surface area contributed by atoms with E-state index in [1.54, 1.807) is 13.0 Å². The van der Waals surface area contributed by atoms with Gasteiger partial charge in [-0.2, -0.15) is 5.10 Å². The summed E-state index contributed by atoms with van der Waals surface area (Å²) in [4.78, 5) is 10.7. The van der Waals surface area contributed by atoms with Gasteiger partial charge in [-0.3, -0.25) is 0 Å². The van der Waals surface area contributed by atoms with Crippen LogP contribution < -0.4 is 0 Å². The topological polar surface area (TPSA) is 53.4 Å². The van der Waals surface area contributed by atoms with E-state index in [0.717, 1.165) is 4.68 Å². The van der Waals surface area contributed by atoms with Crippen molar-refractivity contribution < 1.29 is 18.7 Å². The van der Waals surface area contributed by atoms with Crippen LogP contribution in [0.2, 0.25) is 0 Å². The first kappa shape index (κ1) is 10.5. The van der Waals surface area contributed by atoms with Gasteiger partial charge >= 0.3 is 6.16 Å². The molecule has 0 amide bonds. The molecule has 0 aliphatic carbocycles. The fraction of sp³-hybridized carbons (Fsp3) is 0.500. The summed E-state index contributed by atoms with van der Waals surface area (Å²) >= 11 is 0. The SMILES string of the molecule is CCOC(=O)OCc1ccn(CF)n1. The maximum absolute atomic E-state index is 12.0. The van der Waals surface area contributed by atoms with Crippen molar-refractivity contribution in [3.8, 4) is 0 Å².